The van der Waals surface area contributed by atoms with E-state index in [1.54, 1.807) is 25.1 Å². The van der Waals surface area contributed by atoms with Crippen LogP contribution < -0.4 is 20.7 Å². The van der Waals surface area contributed by atoms with Crippen LogP contribution in [-0.4, -0.2) is 30.0 Å². The van der Waals surface area contributed by atoms with Crippen molar-refractivity contribution in [2.75, 3.05) is 17.2 Å². The van der Waals surface area contributed by atoms with Crippen molar-refractivity contribution in [3.63, 3.8) is 0 Å². The maximum Gasteiger partial charge on any atom is 0.265 e. The van der Waals surface area contributed by atoms with Crippen molar-refractivity contribution in [2.24, 2.45) is 0 Å². The third-order valence-corrected chi connectivity index (χ3v) is 4.45. The molecule has 3 rings (SSSR count). The van der Waals surface area contributed by atoms with Gasteiger partial charge in [-0.3, -0.25) is 9.59 Å². The fraction of sp³-hybridized carbons (Fsp3) is 0.500. The van der Waals surface area contributed by atoms with Crippen LogP contribution in [0, 0.1) is 0 Å². The van der Waals surface area contributed by atoms with E-state index < -0.39 is 11.6 Å². The van der Waals surface area contributed by atoms with Crippen molar-refractivity contribution in [2.45, 2.75) is 44.8 Å². The van der Waals surface area contributed by atoms with E-state index in [4.69, 9.17) is 4.74 Å². The number of amides is 2. The lowest BCUT2D eigenvalue weighted by molar-refractivity contribution is -0.123. The first-order chi connectivity index (χ1) is 10.5. The van der Waals surface area contributed by atoms with Gasteiger partial charge in [-0.05, 0) is 50.9 Å². The molecule has 22 heavy (non-hydrogen) atoms. The number of ether oxygens (including phenoxy) is 1. The van der Waals surface area contributed by atoms with Crippen molar-refractivity contribution in [1.29, 1.82) is 0 Å². The summed E-state index contributed by atoms with van der Waals surface area (Å²) in [5.41, 5.74) is 0.763. The molecule has 6 nitrogen and oxygen atoms in total. The Morgan fingerprint density at radius 3 is 3.00 bits per heavy atom. The Bertz CT molecular complexity index is 609. The topological polar surface area (TPSA) is 79.5 Å². The van der Waals surface area contributed by atoms with Gasteiger partial charge in [0.15, 0.2) is 6.10 Å². The number of fused-ring (bicyclic) bond motifs is 1. The Hall–Kier alpha value is -2.08. The lowest BCUT2D eigenvalue weighted by atomic mass is 9.93. The minimum Gasteiger partial charge on any atom is -0.479 e. The van der Waals surface area contributed by atoms with Crippen LogP contribution in [0.1, 0.15) is 33.1 Å². The maximum absolute atomic E-state index is 12.6. The fourth-order valence-electron chi connectivity index (χ4n) is 3.00. The Kier molecular flexibility index (Phi) is 3.78. The molecule has 0 radical (unpaired) electrons. The van der Waals surface area contributed by atoms with Gasteiger partial charge in [0.05, 0.1) is 11.2 Å². The molecule has 0 aromatic heterocycles. The molecule has 1 aromatic carbocycles. The van der Waals surface area contributed by atoms with Gasteiger partial charge in [0.2, 0.25) is 5.91 Å². The summed E-state index contributed by atoms with van der Waals surface area (Å²) in [6.07, 6.45) is 2.10. The summed E-state index contributed by atoms with van der Waals surface area (Å²) in [6, 6.07) is 5.29. The molecule has 6 heteroatoms. The van der Waals surface area contributed by atoms with Gasteiger partial charge in [-0.2, -0.15) is 0 Å². The summed E-state index contributed by atoms with van der Waals surface area (Å²) in [5, 5.41) is 9.04. The van der Waals surface area contributed by atoms with Gasteiger partial charge in [0.25, 0.3) is 5.91 Å². The molecule has 1 aromatic rings. The molecule has 118 valence electrons. The first-order valence-electron chi connectivity index (χ1n) is 7.72. The molecule has 0 bridgehead atoms. The van der Waals surface area contributed by atoms with Crippen molar-refractivity contribution in [3.05, 3.63) is 18.2 Å². The second-order valence-corrected chi connectivity index (χ2v) is 5.88. The highest BCUT2D eigenvalue weighted by Crippen LogP contribution is 2.33. The average molecular weight is 303 g/mol. The van der Waals surface area contributed by atoms with Crippen molar-refractivity contribution in [3.8, 4) is 5.75 Å². The first kappa shape index (κ1) is 14.8. The smallest absolute Gasteiger partial charge is 0.265 e. The molecule has 0 saturated carbocycles. The number of benzene rings is 1. The molecule has 2 heterocycles. The summed E-state index contributed by atoms with van der Waals surface area (Å²) in [4.78, 5) is 24.2. The van der Waals surface area contributed by atoms with Crippen LogP contribution in [0.4, 0.5) is 11.4 Å². The minimum absolute atomic E-state index is 0.0242. The SMILES string of the molecule is CCC1(C(=O)Nc2ccc3c(c2)NC(=O)C(C)O3)CCCN1. The second kappa shape index (κ2) is 5.61. The number of anilines is 2. The molecule has 3 N–H and O–H groups in total. The van der Waals surface area contributed by atoms with Crippen LogP contribution in [0.3, 0.4) is 0 Å². The predicted molar refractivity (Wildman–Crippen MR) is 84.1 cm³/mol. The van der Waals surface area contributed by atoms with Crippen LogP contribution in [-0.2, 0) is 9.59 Å². The van der Waals surface area contributed by atoms with Crippen LogP contribution in [0.2, 0.25) is 0 Å². The Morgan fingerprint density at radius 2 is 2.32 bits per heavy atom. The van der Waals surface area contributed by atoms with E-state index in [0.717, 1.165) is 25.8 Å². The highest BCUT2D eigenvalue weighted by Gasteiger charge is 2.39. The van der Waals surface area contributed by atoms with Gasteiger partial charge < -0.3 is 20.7 Å². The lowest BCUT2D eigenvalue weighted by Gasteiger charge is -2.27. The van der Waals surface area contributed by atoms with E-state index in [2.05, 4.69) is 16.0 Å². The molecular formula is C16H21N3O3. The van der Waals surface area contributed by atoms with E-state index in [-0.39, 0.29) is 11.8 Å². The summed E-state index contributed by atoms with van der Waals surface area (Å²) < 4.78 is 5.51. The lowest BCUT2D eigenvalue weighted by Crippen LogP contribution is -2.50. The Balaban J connectivity index is 1.78. The molecule has 2 amide bonds. The van der Waals surface area contributed by atoms with Gasteiger partial charge in [-0.15, -0.1) is 0 Å². The van der Waals surface area contributed by atoms with E-state index in [1.165, 1.54) is 0 Å². The Labute approximate surface area is 129 Å². The molecule has 1 saturated heterocycles. The summed E-state index contributed by atoms with van der Waals surface area (Å²) in [6.45, 7) is 4.58. The molecular weight excluding hydrogens is 282 g/mol. The third-order valence-electron chi connectivity index (χ3n) is 4.45. The zero-order valence-electron chi connectivity index (χ0n) is 12.9. The van der Waals surface area contributed by atoms with Crippen LogP contribution in [0.5, 0.6) is 5.75 Å². The molecule has 2 atom stereocenters. The van der Waals surface area contributed by atoms with Crippen molar-refractivity contribution < 1.29 is 14.3 Å². The zero-order chi connectivity index (χ0) is 15.7. The Morgan fingerprint density at radius 1 is 1.50 bits per heavy atom. The van der Waals surface area contributed by atoms with Gasteiger partial charge in [0.1, 0.15) is 5.75 Å². The van der Waals surface area contributed by atoms with Gasteiger partial charge in [0, 0.05) is 5.69 Å². The number of nitrogens with one attached hydrogen (secondary N) is 3. The number of hydrogen-bond acceptors (Lipinski definition) is 4. The predicted octanol–water partition coefficient (Wildman–Crippen LogP) is 1.88. The normalized spacial score (nSPS) is 26.8. The van der Waals surface area contributed by atoms with Crippen LogP contribution in [0.25, 0.3) is 0 Å². The van der Waals surface area contributed by atoms with Gasteiger partial charge in [-0.25, -0.2) is 0 Å². The standard InChI is InChI=1S/C16H21N3O3/c1-3-16(7-4-8-17-16)15(21)18-11-5-6-13-12(9-11)19-14(20)10(2)22-13/h5-6,9-10,17H,3-4,7-8H2,1-2H3,(H,18,21)(H,19,20). The largest absolute Gasteiger partial charge is 0.479 e. The van der Waals surface area contributed by atoms with Gasteiger partial charge >= 0.3 is 0 Å². The molecule has 2 aliphatic heterocycles. The summed E-state index contributed by atoms with van der Waals surface area (Å²) in [5.74, 6) is 0.414. The van der Waals surface area contributed by atoms with E-state index in [1.807, 2.05) is 6.92 Å². The first-order valence-corrected chi connectivity index (χ1v) is 7.72. The zero-order valence-corrected chi connectivity index (χ0v) is 12.9. The van der Waals surface area contributed by atoms with Gasteiger partial charge in [-0.1, -0.05) is 6.92 Å². The van der Waals surface area contributed by atoms with E-state index >= 15 is 0 Å². The number of carbonyl (C=O) groups excluding carboxylic acids is 2. The minimum atomic E-state index is -0.501. The summed E-state index contributed by atoms with van der Waals surface area (Å²) in [7, 11) is 0. The molecule has 2 unspecified atom stereocenters. The molecule has 0 aliphatic carbocycles. The quantitative estimate of drug-likeness (QED) is 0.796. The number of hydrogen-bond donors (Lipinski definition) is 3. The molecule has 2 aliphatic rings. The van der Waals surface area contributed by atoms with Crippen LogP contribution in [0.15, 0.2) is 18.2 Å². The highest BCUT2D eigenvalue weighted by molar-refractivity contribution is 6.01. The maximum atomic E-state index is 12.6. The number of carbonyl (C=O) groups is 2. The molecule has 1 fully saturated rings. The van der Waals surface area contributed by atoms with E-state index in [0.29, 0.717) is 17.1 Å². The third kappa shape index (κ3) is 2.54. The van der Waals surface area contributed by atoms with Crippen molar-refractivity contribution >= 4 is 23.2 Å². The fourth-order valence-corrected chi connectivity index (χ4v) is 3.00. The van der Waals surface area contributed by atoms with E-state index in [9.17, 15) is 9.59 Å². The molecule has 0 spiro atoms. The highest BCUT2D eigenvalue weighted by atomic mass is 16.5. The average Bonchev–Trinajstić information content (AvgIpc) is 2.99. The monoisotopic (exact) mass is 303 g/mol. The summed E-state index contributed by atoms with van der Waals surface area (Å²) >= 11 is 0. The number of rotatable bonds is 3. The van der Waals surface area contributed by atoms with Crippen LogP contribution >= 0.6 is 0 Å². The second-order valence-electron chi connectivity index (χ2n) is 5.88. The van der Waals surface area contributed by atoms with Crippen molar-refractivity contribution in [1.82, 2.24) is 5.32 Å².